The summed E-state index contributed by atoms with van der Waals surface area (Å²) < 4.78 is 15.5. The highest BCUT2D eigenvalue weighted by Crippen LogP contribution is 2.40. The maximum Gasteiger partial charge on any atom is 0.338 e. The van der Waals surface area contributed by atoms with Gasteiger partial charge in [-0.3, -0.25) is 4.79 Å². The molecule has 2 aliphatic rings. The molecule has 1 aliphatic heterocycles. The van der Waals surface area contributed by atoms with E-state index >= 15 is 0 Å². The van der Waals surface area contributed by atoms with Crippen LogP contribution in [0.1, 0.15) is 45.6 Å². The molecule has 9 heteroatoms. The van der Waals surface area contributed by atoms with Gasteiger partial charge in [0.15, 0.2) is 18.1 Å². The van der Waals surface area contributed by atoms with Crippen LogP contribution in [0.25, 0.3) is 0 Å². The first-order valence-corrected chi connectivity index (χ1v) is 10.4. The minimum atomic E-state index is -0.706. The molecule has 0 atom stereocenters. The zero-order valence-electron chi connectivity index (χ0n) is 15.4. The monoisotopic (exact) mass is 432 g/mol. The van der Waals surface area contributed by atoms with Crippen LogP contribution in [0.15, 0.2) is 12.1 Å². The van der Waals surface area contributed by atoms with Crippen LogP contribution in [0.2, 0.25) is 5.02 Å². The molecule has 2 aromatic rings. The minimum Gasteiger partial charge on any atom is -0.454 e. The van der Waals surface area contributed by atoms with Gasteiger partial charge in [0.2, 0.25) is 6.79 Å². The molecule has 150 valence electrons. The number of nitrogens with zero attached hydrogens (tertiary/aromatic N) is 1. The van der Waals surface area contributed by atoms with Gasteiger partial charge in [-0.2, -0.15) is 5.26 Å². The molecule has 4 rings (SSSR count). The van der Waals surface area contributed by atoms with Crippen molar-refractivity contribution in [1.29, 1.82) is 5.26 Å². The van der Waals surface area contributed by atoms with Crippen molar-refractivity contribution in [1.82, 2.24) is 0 Å². The molecular formula is C20H17ClN2O5S. The summed E-state index contributed by atoms with van der Waals surface area (Å²) in [6.45, 7) is -0.444. The van der Waals surface area contributed by atoms with E-state index in [9.17, 15) is 14.9 Å². The molecule has 0 radical (unpaired) electrons. The summed E-state index contributed by atoms with van der Waals surface area (Å²) in [6, 6.07) is 5.06. The van der Waals surface area contributed by atoms with Gasteiger partial charge in [0.05, 0.1) is 16.1 Å². The Morgan fingerprint density at radius 2 is 2.07 bits per heavy atom. The van der Waals surface area contributed by atoms with E-state index in [0.29, 0.717) is 22.1 Å². The zero-order valence-corrected chi connectivity index (χ0v) is 17.0. The Balaban J connectivity index is 1.40. The highest BCUT2D eigenvalue weighted by molar-refractivity contribution is 7.16. The topological polar surface area (TPSA) is 97.7 Å². The number of ether oxygens (including phenoxy) is 3. The van der Waals surface area contributed by atoms with Crippen LogP contribution in [0.5, 0.6) is 11.5 Å². The summed E-state index contributed by atoms with van der Waals surface area (Å²) in [7, 11) is 0. The number of esters is 1. The zero-order chi connectivity index (χ0) is 20.4. The molecule has 1 amide bonds. The normalized spacial score (nSPS) is 14.5. The smallest absolute Gasteiger partial charge is 0.338 e. The molecule has 0 saturated heterocycles. The van der Waals surface area contributed by atoms with Crippen molar-refractivity contribution in [2.45, 2.75) is 32.1 Å². The number of hydrogen-bond acceptors (Lipinski definition) is 7. The fraction of sp³-hybridized carbons (Fsp3) is 0.350. The predicted molar refractivity (Wildman–Crippen MR) is 107 cm³/mol. The van der Waals surface area contributed by atoms with E-state index < -0.39 is 18.5 Å². The number of benzene rings is 1. The van der Waals surface area contributed by atoms with Crippen LogP contribution in [0.4, 0.5) is 5.00 Å². The third-order valence-corrected chi connectivity index (χ3v) is 6.27. The van der Waals surface area contributed by atoms with Gasteiger partial charge in [-0.15, -0.1) is 11.3 Å². The predicted octanol–water partition coefficient (Wildman–Crippen LogP) is 4.07. The van der Waals surface area contributed by atoms with Crippen LogP contribution in [-0.4, -0.2) is 25.3 Å². The number of aryl methyl sites for hydroxylation is 1. The van der Waals surface area contributed by atoms with Crippen molar-refractivity contribution >= 4 is 39.8 Å². The van der Waals surface area contributed by atoms with Gasteiger partial charge in [-0.05, 0) is 43.4 Å². The lowest BCUT2D eigenvalue weighted by atomic mass is 10.1. The van der Waals surface area contributed by atoms with Crippen LogP contribution < -0.4 is 14.8 Å². The van der Waals surface area contributed by atoms with Gasteiger partial charge in [0.1, 0.15) is 11.1 Å². The van der Waals surface area contributed by atoms with Crippen molar-refractivity contribution in [2.24, 2.45) is 0 Å². The lowest BCUT2D eigenvalue weighted by molar-refractivity contribution is -0.119. The molecule has 1 N–H and O–H groups in total. The van der Waals surface area contributed by atoms with E-state index in [4.69, 9.17) is 25.8 Å². The van der Waals surface area contributed by atoms with E-state index in [-0.39, 0.29) is 17.4 Å². The van der Waals surface area contributed by atoms with Crippen LogP contribution in [-0.2, 0) is 22.4 Å². The number of thiophene rings is 1. The first kappa shape index (κ1) is 19.6. The molecule has 29 heavy (non-hydrogen) atoms. The van der Waals surface area contributed by atoms with E-state index in [0.717, 1.165) is 42.5 Å². The van der Waals surface area contributed by atoms with Gasteiger partial charge < -0.3 is 19.5 Å². The molecule has 0 spiro atoms. The number of fused-ring (bicyclic) bond motifs is 2. The maximum atomic E-state index is 12.3. The summed E-state index contributed by atoms with van der Waals surface area (Å²) in [5.74, 6) is -0.476. The number of carbonyl (C=O) groups excluding carboxylic acids is 2. The molecule has 1 aromatic heterocycles. The number of rotatable bonds is 4. The second kappa shape index (κ2) is 8.31. The summed E-state index contributed by atoms with van der Waals surface area (Å²) in [5.41, 5.74) is 1.72. The standard InChI is InChI=1S/C20H17ClN2O5S/c21-14-6-11(7-15-18(14)28-10-27-15)20(25)26-9-17(24)23-19-13(8-22)12-4-2-1-3-5-16(12)29-19/h6-7H,1-5,9-10H2,(H,23,24). The lowest BCUT2D eigenvalue weighted by Crippen LogP contribution is -2.21. The van der Waals surface area contributed by atoms with Gasteiger partial charge >= 0.3 is 5.97 Å². The van der Waals surface area contributed by atoms with E-state index in [1.165, 1.54) is 23.5 Å². The third-order valence-electron chi connectivity index (χ3n) is 4.78. The van der Waals surface area contributed by atoms with Crippen molar-refractivity contribution in [3.63, 3.8) is 0 Å². The lowest BCUT2D eigenvalue weighted by Gasteiger charge is -2.07. The summed E-state index contributed by atoms with van der Waals surface area (Å²) in [4.78, 5) is 25.7. The minimum absolute atomic E-state index is 0.0297. The molecule has 1 aromatic carbocycles. The number of hydrogen-bond donors (Lipinski definition) is 1. The quantitative estimate of drug-likeness (QED) is 0.577. The van der Waals surface area contributed by atoms with Gasteiger partial charge in [-0.1, -0.05) is 18.0 Å². The van der Waals surface area contributed by atoms with Crippen molar-refractivity contribution in [3.05, 3.63) is 38.7 Å². The number of amides is 1. The second-order valence-corrected chi connectivity index (χ2v) is 8.21. The van der Waals surface area contributed by atoms with Crippen LogP contribution in [0.3, 0.4) is 0 Å². The van der Waals surface area contributed by atoms with Crippen molar-refractivity contribution in [3.8, 4) is 17.6 Å². The Bertz CT molecular complexity index is 1030. The number of carbonyl (C=O) groups is 2. The first-order valence-electron chi connectivity index (χ1n) is 9.17. The molecule has 0 bridgehead atoms. The Labute approximate surface area is 176 Å². The Kier molecular flexibility index (Phi) is 5.60. The molecule has 0 unspecified atom stereocenters. The first-order chi connectivity index (χ1) is 14.1. The average Bonchev–Trinajstić information content (AvgIpc) is 3.24. The molecule has 2 heterocycles. The van der Waals surface area contributed by atoms with E-state index in [1.54, 1.807) is 0 Å². The Morgan fingerprint density at radius 1 is 1.24 bits per heavy atom. The molecular weight excluding hydrogens is 416 g/mol. The number of nitrogens with one attached hydrogen (secondary N) is 1. The number of halogens is 1. The van der Waals surface area contributed by atoms with Crippen molar-refractivity contribution < 1.29 is 23.8 Å². The fourth-order valence-electron chi connectivity index (χ4n) is 3.41. The largest absolute Gasteiger partial charge is 0.454 e. The fourth-order valence-corrected chi connectivity index (χ4v) is 4.93. The third kappa shape index (κ3) is 4.02. The molecule has 0 saturated carbocycles. The number of anilines is 1. The Morgan fingerprint density at radius 3 is 2.90 bits per heavy atom. The van der Waals surface area contributed by atoms with Crippen molar-refractivity contribution in [2.75, 3.05) is 18.7 Å². The van der Waals surface area contributed by atoms with E-state index in [1.807, 2.05) is 0 Å². The van der Waals surface area contributed by atoms with Gasteiger partial charge in [0, 0.05) is 4.88 Å². The molecule has 7 nitrogen and oxygen atoms in total. The van der Waals surface area contributed by atoms with Gasteiger partial charge in [-0.25, -0.2) is 4.79 Å². The summed E-state index contributed by atoms with van der Waals surface area (Å²) in [6.07, 6.45) is 5.05. The van der Waals surface area contributed by atoms with E-state index in [2.05, 4.69) is 11.4 Å². The molecule has 0 fully saturated rings. The van der Waals surface area contributed by atoms with Crippen LogP contribution in [0, 0.1) is 11.3 Å². The Hall–Kier alpha value is -2.76. The average molecular weight is 433 g/mol. The maximum absolute atomic E-state index is 12.3. The second-order valence-electron chi connectivity index (χ2n) is 6.70. The number of nitriles is 1. The highest BCUT2D eigenvalue weighted by atomic mass is 35.5. The SMILES string of the molecule is N#Cc1c(NC(=O)COC(=O)c2cc(Cl)c3c(c2)OCO3)sc2c1CCCCC2. The molecule has 1 aliphatic carbocycles. The highest BCUT2D eigenvalue weighted by Gasteiger charge is 2.23. The van der Waals surface area contributed by atoms with Gasteiger partial charge in [0.25, 0.3) is 5.91 Å². The summed E-state index contributed by atoms with van der Waals surface area (Å²) >= 11 is 7.49. The van der Waals surface area contributed by atoms with Crippen LogP contribution >= 0.6 is 22.9 Å². The summed E-state index contributed by atoms with van der Waals surface area (Å²) in [5, 5.41) is 13.0.